The molecule has 0 aliphatic rings. The molecule has 0 aliphatic heterocycles. The predicted molar refractivity (Wildman–Crippen MR) is 241 cm³/mol. The molecule has 5 nitrogen and oxygen atoms in total. The molecule has 5 aromatic rings. The summed E-state index contributed by atoms with van der Waals surface area (Å²) in [6.45, 7) is 9.07. The highest BCUT2D eigenvalue weighted by Crippen LogP contribution is 2.37. The van der Waals surface area contributed by atoms with Crippen LogP contribution in [0.15, 0.2) is 103 Å². The molecule has 5 heteroatoms. The molecular formula is C51H69N5. The van der Waals surface area contributed by atoms with Crippen LogP contribution >= 0.6 is 0 Å². The number of anilines is 6. The van der Waals surface area contributed by atoms with Gasteiger partial charge in [-0.2, -0.15) is 0 Å². The van der Waals surface area contributed by atoms with E-state index >= 15 is 0 Å². The van der Waals surface area contributed by atoms with Crippen LogP contribution in [0, 0.1) is 0 Å². The van der Waals surface area contributed by atoms with Crippen LogP contribution < -0.4 is 9.80 Å². The second kappa shape index (κ2) is 24.2. The van der Waals surface area contributed by atoms with Gasteiger partial charge in [-0.05, 0) is 122 Å². The number of pyridine rings is 3. The monoisotopic (exact) mass is 752 g/mol. The Morgan fingerprint density at radius 2 is 0.679 bits per heavy atom. The van der Waals surface area contributed by atoms with Crippen LogP contribution in [0.5, 0.6) is 0 Å². The summed E-state index contributed by atoms with van der Waals surface area (Å²) >= 11 is 0. The van der Waals surface area contributed by atoms with Gasteiger partial charge in [-0.25, -0.2) is 15.0 Å². The number of nitrogens with zero attached hydrogens (tertiary/aromatic N) is 5. The SMILES string of the molecule is CCCCCCc1ccc(N(c2ccc(CCCCCC)cn2)c2cccc(N(c3ccc(CCCCCC)cc3)c3ccc(CCCCCC)cn3)n2)cc1. The third-order valence-corrected chi connectivity index (χ3v) is 10.9. The van der Waals surface area contributed by atoms with Gasteiger partial charge in [-0.15, -0.1) is 0 Å². The lowest BCUT2D eigenvalue weighted by atomic mass is 10.1. The molecule has 0 aliphatic carbocycles. The van der Waals surface area contributed by atoms with Crippen molar-refractivity contribution < 1.29 is 0 Å². The van der Waals surface area contributed by atoms with Gasteiger partial charge in [-0.1, -0.05) is 147 Å². The van der Waals surface area contributed by atoms with Crippen molar-refractivity contribution in [3.63, 3.8) is 0 Å². The summed E-state index contributed by atoms with van der Waals surface area (Å²) < 4.78 is 0. The fourth-order valence-corrected chi connectivity index (χ4v) is 7.47. The molecule has 0 unspecified atom stereocenters. The number of aromatic nitrogens is 3. The molecule has 0 radical (unpaired) electrons. The van der Waals surface area contributed by atoms with E-state index in [4.69, 9.17) is 15.0 Å². The van der Waals surface area contributed by atoms with Crippen molar-refractivity contribution in [2.24, 2.45) is 0 Å². The third-order valence-electron chi connectivity index (χ3n) is 10.9. The molecule has 3 heterocycles. The average molecular weight is 752 g/mol. The summed E-state index contributed by atoms with van der Waals surface area (Å²) in [6, 6.07) is 33.2. The molecule has 0 atom stereocenters. The normalized spacial score (nSPS) is 11.2. The van der Waals surface area contributed by atoms with Gasteiger partial charge in [0.1, 0.15) is 23.3 Å². The molecule has 0 bridgehead atoms. The molecule has 2 aromatic carbocycles. The fraction of sp³-hybridized carbons (Fsp3) is 0.471. The van der Waals surface area contributed by atoms with Crippen LogP contribution in [-0.4, -0.2) is 15.0 Å². The second-order valence-electron chi connectivity index (χ2n) is 15.6. The van der Waals surface area contributed by atoms with E-state index in [-0.39, 0.29) is 0 Å². The number of hydrogen-bond donors (Lipinski definition) is 0. The molecule has 298 valence electrons. The van der Waals surface area contributed by atoms with E-state index < -0.39 is 0 Å². The van der Waals surface area contributed by atoms with Gasteiger partial charge in [0.2, 0.25) is 0 Å². The van der Waals surface area contributed by atoms with Crippen molar-refractivity contribution in [1.82, 2.24) is 15.0 Å². The molecule has 3 aromatic heterocycles. The van der Waals surface area contributed by atoms with E-state index in [1.807, 2.05) is 0 Å². The fourth-order valence-electron chi connectivity index (χ4n) is 7.47. The van der Waals surface area contributed by atoms with Crippen molar-refractivity contribution in [3.8, 4) is 0 Å². The molecule has 0 saturated carbocycles. The van der Waals surface area contributed by atoms with Crippen LogP contribution in [-0.2, 0) is 25.7 Å². The van der Waals surface area contributed by atoms with Crippen molar-refractivity contribution in [3.05, 3.63) is 126 Å². The first kappa shape index (κ1) is 42.6. The van der Waals surface area contributed by atoms with Crippen LogP contribution in [0.4, 0.5) is 34.6 Å². The van der Waals surface area contributed by atoms with E-state index in [2.05, 4.69) is 141 Å². The van der Waals surface area contributed by atoms with E-state index in [1.165, 1.54) is 125 Å². The highest BCUT2D eigenvalue weighted by Gasteiger charge is 2.20. The Morgan fingerprint density at radius 1 is 0.339 bits per heavy atom. The van der Waals surface area contributed by atoms with E-state index in [9.17, 15) is 0 Å². The summed E-state index contributed by atoms with van der Waals surface area (Å²) in [6.07, 6.45) is 28.6. The molecule has 0 amide bonds. The maximum atomic E-state index is 5.42. The first-order chi connectivity index (χ1) is 27.6. The number of hydrogen-bond acceptors (Lipinski definition) is 5. The minimum atomic E-state index is 0.825. The molecule has 0 N–H and O–H groups in total. The van der Waals surface area contributed by atoms with Crippen molar-refractivity contribution >= 4 is 34.6 Å². The van der Waals surface area contributed by atoms with Crippen molar-refractivity contribution in [2.75, 3.05) is 9.80 Å². The largest absolute Gasteiger partial charge is 0.279 e. The Kier molecular flexibility index (Phi) is 18.4. The molecule has 0 spiro atoms. The number of aryl methyl sites for hydroxylation is 4. The van der Waals surface area contributed by atoms with Gasteiger partial charge in [-0.3, -0.25) is 9.80 Å². The Morgan fingerprint density at radius 3 is 1.00 bits per heavy atom. The van der Waals surface area contributed by atoms with E-state index in [0.717, 1.165) is 60.3 Å². The lowest BCUT2D eigenvalue weighted by Crippen LogP contribution is -2.17. The van der Waals surface area contributed by atoms with Gasteiger partial charge in [0.25, 0.3) is 0 Å². The van der Waals surface area contributed by atoms with Crippen LogP contribution in [0.3, 0.4) is 0 Å². The minimum Gasteiger partial charge on any atom is -0.279 e. The average Bonchev–Trinajstić information content (AvgIpc) is 3.24. The van der Waals surface area contributed by atoms with E-state index in [1.54, 1.807) is 0 Å². The zero-order valence-corrected chi connectivity index (χ0v) is 35.2. The van der Waals surface area contributed by atoms with Gasteiger partial charge >= 0.3 is 0 Å². The number of unbranched alkanes of at least 4 members (excludes halogenated alkanes) is 12. The minimum absolute atomic E-state index is 0.825. The van der Waals surface area contributed by atoms with Crippen LogP contribution in [0.1, 0.15) is 153 Å². The summed E-state index contributed by atoms with van der Waals surface area (Å²) in [5.74, 6) is 3.39. The number of benzene rings is 2. The van der Waals surface area contributed by atoms with Gasteiger partial charge < -0.3 is 0 Å². The van der Waals surface area contributed by atoms with Gasteiger partial charge in [0.15, 0.2) is 0 Å². The molecular weight excluding hydrogens is 683 g/mol. The smallest absolute Gasteiger partial charge is 0.141 e. The molecule has 56 heavy (non-hydrogen) atoms. The standard InChI is InChI=1S/C51H69N5/c1-5-9-13-17-22-42-28-34-46(35-29-42)55(48-38-32-44(40-52-48)24-19-15-11-7-3)50-26-21-27-51(54-50)56(47-36-30-43(31-37-47)23-18-14-10-6-2)49-39-33-45(41-53-49)25-20-16-12-8-4/h21,26-41H,5-20,22-25H2,1-4H3. The first-order valence-electron chi connectivity index (χ1n) is 22.3. The Labute approximate surface area is 340 Å². The Balaban J connectivity index is 1.49. The lowest BCUT2D eigenvalue weighted by molar-refractivity contribution is 0.666. The number of rotatable bonds is 26. The second-order valence-corrected chi connectivity index (χ2v) is 15.6. The quantitative estimate of drug-likeness (QED) is 0.0527. The highest BCUT2D eigenvalue weighted by atomic mass is 15.3. The highest BCUT2D eigenvalue weighted by molar-refractivity contribution is 5.77. The maximum Gasteiger partial charge on any atom is 0.141 e. The van der Waals surface area contributed by atoms with Crippen LogP contribution in [0.25, 0.3) is 0 Å². The van der Waals surface area contributed by atoms with E-state index in [0.29, 0.717) is 0 Å². The molecule has 5 rings (SSSR count). The molecule has 0 fully saturated rings. The zero-order chi connectivity index (χ0) is 39.2. The summed E-state index contributed by atoms with van der Waals surface area (Å²) in [7, 11) is 0. The molecule has 0 saturated heterocycles. The predicted octanol–water partition coefficient (Wildman–Crippen LogP) is 15.3. The Hall–Kier alpha value is -4.51. The topological polar surface area (TPSA) is 45.2 Å². The first-order valence-corrected chi connectivity index (χ1v) is 22.3. The Bertz CT molecular complexity index is 1540. The summed E-state index contributed by atoms with van der Waals surface area (Å²) in [5, 5.41) is 0. The summed E-state index contributed by atoms with van der Waals surface area (Å²) in [5.41, 5.74) is 7.44. The zero-order valence-electron chi connectivity index (χ0n) is 35.2. The summed E-state index contributed by atoms with van der Waals surface area (Å²) in [4.78, 5) is 20.0. The van der Waals surface area contributed by atoms with Crippen molar-refractivity contribution in [2.45, 2.75) is 156 Å². The van der Waals surface area contributed by atoms with Crippen molar-refractivity contribution in [1.29, 1.82) is 0 Å². The van der Waals surface area contributed by atoms with Crippen LogP contribution in [0.2, 0.25) is 0 Å². The van der Waals surface area contributed by atoms with Gasteiger partial charge in [0.05, 0.1) is 0 Å². The van der Waals surface area contributed by atoms with Gasteiger partial charge in [0, 0.05) is 23.8 Å². The maximum absolute atomic E-state index is 5.42. The lowest BCUT2D eigenvalue weighted by Gasteiger charge is -2.27. The third kappa shape index (κ3) is 13.3.